The molecule has 0 heterocycles. The van der Waals surface area contributed by atoms with Crippen LogP contribution in [-0.4, -0.2) is 37.9 Å². The largest absolute Gasteiger partial charge is 0.462 e. The van der Waals surface area contributed by atoms with Gasteiger partial charge in [-0.2, -0.15) is 0 Å². The lowest BCUT2D eigenvalue weighted by Crippen LogP contribution is -2.30. The molecule has 0 amide bonds. The maximum atomic E-state index is 12.7. The first-order valence-electron chi connectivity index (χ1n) is 24.8. The molecule has 0 rings (SSSR count). The summed E-state index contributed by atoms with van der Waals surface area (Å²) in [6, 6.07) is 0. The number of esters is 2. The van der Waals surface area contributed by atoms with Gasteiger partial charge in [-0.25, -0.2) is 0 Å². The lowest BCUT2D eigenvalue weighted by molar-refractivity contribution is -0.162. The Morgan fingerprint density at radius 1 is 0.383 bits per heavy atom. The Hall–Kier alpha value is -3.18. The summed E-state index contributed by atoms with van der Waals surface area (Å²) in [7, 11) is 0. The van der Waals surface area contributed by atoms with Gasteiger partial charge in [0.25, 0.3) is 0 Å². The van der Waals surface area contributed by atoms with Crippen LogP contribution in [-0.2, 0) is 23.8 Å². The van der Waals surface area contributed by atoms with Gasteiger partial charge in [0.1, 0.15) is 6.61 Å². The molecule has 0 aliphatic carbocycles. The summed E-state index contributed by atoms with van der Waals surface area (Å²) in [4.78, 5) is 25.2. The molecule has 0 spiro atoms. The van der Waals surface area contributed by atoms with Gasteiger partial charge in [0.05, 0.1) is 6.61 Å². The molecule has 0 aromatic heterocycles. The molecule has 0 aliphatic heterocycles. The SMILES string of the molecule is CC/C=C\C/C=C\C/C=C\C/C=C\C/C=C\C/C=C\CCC(=O)OCC(COCCCCCCCC/C=C\C/C=C\CCCCC)OC(=O)CCCCCCCCCCC. The van der Waals surface area contributed by atoms with Crippen LogP contribution < -0.4 is 0 Å². The van der Waals surface area contributed by atoms with Gasteiger partial charge in [-0.15, -0.1) is 0 Å². The van der Waals surface area contributed by atoms with Crippen LogP contribution in [0.15, 0.2) is 97.2 Å². The highest BCUT2D eigenvalue weighted by Crippen LogP contribution is 2.13. The number of hydrogen-bond acceptors (Lipinski definition) is 5. The second-order valence-corrected chi connectivity index (χ2v) is 16.0. The number of ether oxygens (including phenoxy) is 3. The van der Waals surface area contributed by atoms with Crippen LogP contribution in [0.3, 0.4) is 0 Å². The van der Waals surface area contributed by atoms with E-state index in [9.17, 15) is 9.59 Å². The summed E-state index contributed by atoms with van der Waals surface area (Å²) in [6.07, 6.45) is 67.1. The zero-order valence-electron chi connectivity index (χ0n) is 39.2. The van der Waals surface area contributed by atoms with Gasteiger partial charge < -0.3 is 14.2 Å². The van der Waals surface area contributed by atoms with Crippen LogP contribution in [0.5, 0.6) is 0 Å². The third kappa shape index (κ3) is 47.5. The van der Waals surface area contributed by atoms with E-state index < -0.39 is 6.10 Å². The average molecular weight is 833 g/mol. The summed E-state index contributed by atoms with van der Waals surface area (Å²) in [5, 5.41) is 0. The van der Waals surface area contributed by atoms with Crippen molar-refractivity contribution in [1.29, 1.82) is 0 Å². The first-order chi connectivity index (χ1) is 29.6. The van der Waals surface area contributed by atoms with Crippen molar-refractivity contribution < 1.29 is 23.8 Å². The molecular weight excluding hydrogens is 741 g/mol. The summed E-state index contributed by atoms with van der Waals surface area (Å²) in [5.74, 6) is -0.506. The molecular formula is C55H92O5. The normalized spacial score (nSPS) is 13.1. The van der Waals surface area contributed by atoms with Gasteiger partial charge in [-0.05, 0) is 89.9 Å². The van der Waals surface area contributed by atoms with Crippen LogP contribution in [0.4, 0.5) is 0 Å². The van der Waals surface area contributed by atoms with E-state index in [0.717, 1.165) is 77.0 Å². The summed E-state index contributed by atoms with van der Waals surface area (Å²) >= 11 is 0. The van der Waals surface area contributed by atoms with Crippen LogP contribution >= 0.6 is 0 Å². The van der Waals surface area contributed by atoms with Crippen LogP contribution in [0.1, 0.15) is 213 Å². The zero-order chi connectivity index (χ0) is 43.5. The highest BCUT2D eigenvalue weighted by atomic mass is 16.6. The highest BCUT2D eigenvalue weighted by Gasteiger charge is 2.17. The fraction of sp³-hybridized carbons (Fsp3) is 0.673. The van der Waals surface area contributed by atoms with Gasteiger partial charge in [0.15, 0.2) is 6.10 Å². The number of unbranched alkanes of at least 4 members (excludes halogenated alkanes) is 17. The molecule has 5 nitrogen and oxygen atoms in total. The van der Waals surface area contributed by atoms with E-state index in [4.69, 9.17) is 14.2 Å². The van der Waals surface area contributed by atoms with E-state index >= 15 is 0 Å². The lowest BCUT2D eigenvalue weighted by Gasteiger charge is -2.18. The standard InChI is InChI=1S/C55H92O5/c1-4-7-10-13-16-19-21-23-25-27-28-29-30-32-34-37-39-42-45-48-54(56)59-52-53(60-55(57)49-46-43-40-36-18-15-12-9-6-3)51-58-50-47-44-41-38-35-33-31-26-24-22-20-17-14-11-8-5-2/h7,10,16-17,19-20,23-26,28-29,32,34,39,42,53H,4-6,8-9,11-15,18,21-22,27,30-31,33,35-38,40-41,43-52H2,1-3H3/b10-7-,19-16-,20-17-,25-23-,26-24-,29-28-,34-32-,42-39-. The van der Waals surface area contributed by atoms with Crippen molar-refractivity contribution in [3.05, 3.63) is 97.2 Å². The molecule has 1 atom stereocenters. The van der Waals surface area contributed by atoms with Crippen molar-refractivity contribution in [1.82, 2.24) is 0 Å². The molecule has 0 radical (unpaired) electrons. The minimum Gasteiger partial charge on any atom is -0.462 e. The second kappa shape index (κ2) is 50.2. The average Bonchev–Trinajstić information content (AvgIpc) is 3.25. The van der Waals surface area contributed by atoms with Crippen molar-refractivity contribution in [2.24, 2.45) is 0 Å². The Labute approximate surface area is 371 Å². The smallest absolute Gasteiger partial charge is 0.306 e. The van der Waals surface area contributed by atoms with Crippen molar-refractivity contribution in [3.8, 4) is 0 Å². The zero-order valence-corrected chi connectivity index (χ0v) is 39.2. The van der Waals surface area contributed by atoms with Gasteiger partial charge in [-0.1, -0.05) is 208 Å². The van der Waals surface area contributed by atoms with Gasteiger partial charge >= 0.3 is 11.9 Å². The molecule has 0 bridgehead atoms. The van der Waals surface area contributed by atoms with E-state index in [0.29, 0.717) is 25.9 Å². The fourth-order valence-electron chi connectivity index (χ4n) is 6.45. The molecule has 0 saturated heterocycles. The molecule has 1 unspecified atom stereocenters. The van der Waals surface area contributed by atoms with Gasteiger partial charge in [0.2, 0.25) is 0 Å². The second-order valence-electron chi connectivity index (χ2n) is 16.0. The van der Waals surface area contributed by atoms with E-state index in [1.807, 2.05) is 6.08 Å². The molecule has 60 heavy (non-hydrogen) atoms. The Kier molecular flexibility index (Phi) is 47.5. The Balaban J connectivity index is 4.35. The van der Waals surface area contributed by atoms with Gasteiger partial charge in [-0.3, -0.25) is 9.59 Å². The predicted molar refractivity (Wildman–Crippen MR) is 260 cm³/mol. The van der Waals surface area contributed by atoms with Crippen LogP contribution in [0.25, 0.3) is 0 Å². The van der Waals surface area contributed by atoms with Crippen molar-refractivity contribution >= 4 is 11.9 Å². The van der Waals surface area contributed by atoms with Crippen molar-refractivity contribution in [3.63, 3.8) is 0 Å². The van der Waals surface area contributed by atoms with Gasteiger partial charge in [0, 0.05) is 19.4 Å². The molecule has 0 aromatic rings. The number of rotatable bonds is 44. The molecule has 0 aromatic carbocycles. The number of hydrogen-bond donors (Lipinski definition) is 0. The molecule has 0 N–H and O–H groups in total. The molecule has 342 valence electrons. The van der Waals surface area contributed by atoms with Crippen molar-refractivity contribution in [2.75, 3.05) is 19.8 Å². The number of carbonyl (C=O) groups is 2. The summed E-state index contributed by atoms with van der Waals surface area (Å²) in [6.45, 7) is 7.56. The van der Waals surface area contributed by atoms with Crippen molar-refractivity contribution in [2.45, 2.75) is 219 Å². The summed E-state index contributed by atoms with van der Waals surface area (Å²) < 4.78 is 17.3. The third-order valence-electron chi connectivity index (χ3n) is 10.1. The molecule has 5 heteroatoms. The Bertz CT molecular complexity index is 1170. The minimum absolute atomic E-state index is 0.0375. The number of allylic oxidation sites excluding steroid dienone is 16. The van der Waals surface area contributed by atoms with E-state index in [-0.39, 0.29) is 25.2 Å². The molecule has 0 aliphatic rings. The third-order valence-corrected chi connectivity index (χ3v) is 10.1. The monoisotopic (exact) mass is 833 g/mol. The highest BCUT2D eigenvalue weighted by molar-refractivity contribution is 5.70. The first kappa shape index (κ1) is 56.8. The Morgan fingerprint density at radius 2 is 0.783 bits per heavy atom. The predicted octanol–water partition coefficient (Wildman–Crippen LogP) is 16.7. The maximum absolute atomic E-state index is 12.7. The lowest BCUT2D eigenvalue weighted by atomic mass is 10.1. The minimum atomic E-state index is -0.574. The topological polar surface area (TPSA) is 61.8 Å². The van der Waals surface area contributed by atoms with Crippen LogP contribution in [0, 0.1) is 0 Å². The molecule has 0 fully saturated rings. The first-order valence-corrected chi connectivity index (χ1v) is 24.8. The Morgan fingerprint density at radius 3 is 1.30 bits per heavy atom. The quantitative estimate of drug-likeness (QED) is 0.0348. The molecule has 0 saturated carbocycles. The number of carbonyl (C=O) groups excluding carboxylic acids is 2. The fourth-order valence-corrected chi connectivity index (χ4v) is 6.45. The maximum Gasteiger partial charge on any atom is 0.306 e. The summed E-state index contributed by atoms with van der Waals surface area (Å²) in [5.41, 5.74) is 0. The van der Waals surface area contributed by atoms with Crippen LogP contribution in [0.2, 0.25) is 0 Å². The van der Waals surface area contributed by atoms with E-state index in [1.54, 1.807) is 0 Å². The van der Waals surface area contributed by atoms with E-state index in [1.165, 1.54) is 96.3 Å². The van der Waals surface area contributed by atoms with E-state index in [2.05, 4.69) is 112 Å².